The Labute approximate surface area is 104 Å². The number of carbonyl (C=O) groups excluding carboxylic acids is 1. The fourth-order valence-corrected chi connectivity index (χ4v) is 2.84. The normalized spacial score (nSPS) is 24.5. The van der Waals surface area contributed by atoms with Crippen LogP contribution in [0.5, 0.6) is 0 Å². The Morgan fingerprint density at radius 1 is 1.24 bits per heavy atom. The standard InChI is InChI=1S/C16H22O/c1-13-6-5-9-15(12-13)16(17)11-10-14-7-3-2-4-8-14/h2-4,7-8,13,15H,5-6,9-12H2,1H3. The summed E-state index contributed by atoms with van der Waals surface area (Å²) in [5, 5.41) is 0. The first kappa shape index (κ1) is 12.3. The maximum absolute atomic E-state index is 12.1. The first-order valence-corrected chi connectivity index (χ1v) is 6.82. The van der Waals surface area contributed by atoms with E-state index in [-0.39, 0.29) is 0 Å². The summed E-state index contributed by atoms with van der Waals surface area (Å²) in [7, 11) is 0. The van der Waals surface area contributed by atoms with E-state index in [0.717, 1.165) is 31.6 Å². The molecule has 17 heavy (non-hydrogen) atoms. The lowest BCUT2D eigenvalue weighted by molar-refractivity contribution is -0.124. The minimum Gasteiger partial charge on any atom is -0.299 e. The maximum atomic E-state index is 12.1. The van der Waals surface area contributed by atoms with E-state index in [4.69, 9.17) is 0 Å². The smallest absolute Gasteiger partial charge is 0.136 e. The quantitative estimate of drug-likeness (QED) is 0.763. The lowest BCUT2D eigenvalue weighted by Crippen LogP contribution is -2.22. The highest BCUT2D eigenvalue weighted by Crippen LogP contribution is 2.30. The van der Waals surface area contributed by atoms with Crippen molar-refractivity contribution in [1.29, 1.82) is 0 Å². The van der Waals surface area contributed by atoms with Crippen molar-refractivity contribution in [3.05, 3.63) is 35.9 Å². The van der Waals surface area contributed by atoms with Crippen molar-refractivity contribution in [1.82, 2.24) is 0 Å². The molecule has 0 aromatic heterocycles. The second-order valence-corrected chi connectivity index (χ2v) is 5.42. The van der Waals surface area contributed by atoms with Crippen LogP contribution in [0.2, 0.25) is 0 Å². The maximum Gasteiger partial charge on any atom is 0.136 e. The van der Waals surface area contributed by atoms with Crippen LogP contribution in [0.3, 0.4) is 0 Å². The third-order valence-corrected chi connectivity index (χ3v) is 3.89. The van der Waals surface area contributed by atoms with Gasteiger partial charge in [0.1, 0.15) is 5.78 Å². The summed E-state index contributed by atoms with van der Waals surface area (Å²) in [6, 6.07) is 10.3. The van der Waals surface area contributed by atoms with Gasteiger partial charge < -0.3 is 0 Å². The zero-order chi connectivity index (χ0) is 12.1. The Kier molecular flexibility index (Phi) is 4.36. The van der Waals surface area contributed by atoms with Gasteiger partial charge in [-0.2, -0.15) is 0 Å². The van der Waals surface area contributed by atoms with E-state index in [9.17, 15) is 4.79 Å². The molecule has 1 aliphatic rings. The zero-order valence-corrected chi connectivity index (χ0v) is 10.7. The largest absolute Gasteiger partial charge is 0.299 e. The third kappa shape index (κ3) is 3.69. The second-order valence-electron chi connectivity index (χ2n) is 5.42. The molecule has 0 heterocycles. The summed E-state index contributed by atoms with van der Waals surface area (Å²) in [6.45, 7) is 2.27. The molecular weight excluding hydrogens is 208 g/mol. The van der Waals surface area contributed by atoms with Gasteiger partial charge in [-0.05, 0) is 30.7 Å². The van der Waals surface area contributed by atoms with Gasteiger partial charge in [0.2, 0.25) is 0 Å². The SMILES string of the molecule is CC1CCCC(C(=O)CCc2ccccc2)C1. The highest BCUT2D eigenvalue weighted by molar-refractivity contribution is 5.81. The Morgan fingerprint density at radius 3 is 2.71 bits per heavy atom. The molecule has 1 aliphatic carbocycles. The minimum atomic E-state index is 0.350. The number of rotatable bonds is 4. The number of hydrogen-bond donors (Lipinski definition) is 0. The van der Waals surface area contributed by atoms with Crippen LogP contribution in [-0.2, 0) is 11.2 Å². The molecular formula is C16H22O. The van der Waals surface area contributed by atoms with Gasteiger partial charge in [0.15, 0.2) is 0 Å². The summed E-state index contributed by atoms with van der Waals surface area (Å²) < 4.78 is 0. The van der Waals surface area contributed by atoms with E-state index >= 15 is 0 Å². The zero-order valence-electron chi connectivity index (χ0n) is 10.7. The van der Waals surface area contributed by atoms with Gasteiger partial charge in [0, 0.05) is 12.3 Å². The van der Waals surface area contributed by atoms with Crippen molar-refractivity contribution in [3.8, 4) is 0 Å². The van der Waals surface area contributed by atoms with E-state index in [1.54, 1.807) is 0 Å². The van der Waals surface area contributed by atoms with Crippen LogP contribution in [0.25, 0.3) is 0 Å². The summed E-state index contributed by atoms with van der Waals surface area (Å²) in [4.78, 5) is 12.1. The molecule has 2 unspecified atom stereocenters. The highest BCUT2D eigenvalue weighted by Gasteiger charge is 2.24. The predicted octanol–water partition coefficient (Wildman–Crippen LogP) is 4.01. The molecule has 0 aliphatic heterocycles. The molecule has 0 radical (unpaired) electrons. The van der Waals surface area contributed by atoms with E-state index in [2.05, 4.69) is 19.1 Å². The highest BCUT2D eigenvalue weighted by atomic mass is 16.1. The van der Waals surface area contributed by atoms with Gasteiger partial charge in [-0.25, -0.2) is 0 Å². The van der Waals surface area contributed by atoms with Crippen molar-refractivity contribution < 1.29 is 4.79 Å². The van der Waals surface area contributed by atoms with Crippen molar-refractivity contribution in [3.63, 3.8) is 0 Å². The molecule has 1 heteroatoms. The number of ketones is 1. The summed E-state index contributed by atoms with van der Waals surface area (Å²) >= 11 is 0. The van der Waals surface area contributed by atoms with Crippen LogP contribution in [0.15, 0.2) is 30.3 Å². The fraction of sp³-hybridized carbons (Fsp3) is 0.562. The van der Waals surface area contributed by atoms with E-state index in [1.165, 1.54) is 18.4 Å². The van der Waals surface area contributed by atoms with Gasteiger partial charge in [0.05, 0.1) is 0 Å². The van der Waals surface area contributed by atoms with Crippen LogP contribution >= 0.6 is 0 Å². The van der Waals surface area contributed by atoms with Crippen molar-refractivity contribution in [2.45, 2.75) is 45.4 Å². The van der Waals surface area contributed by atoms with Gasteiger partial charge in [-0.15, -0.1) is 0 Å². The average Bonchev–Trinajstić information content (AvgIpc) is 2.37. The molecule has 1 nitrogen and oxygen atoms in total. The van der Waals surface area contributed by atoms with Crippen LogP contribution in [-0.4, -0.2) is 5.78 Å². The first-order chi connectivity index (χ1) is 8.25. The third-order valence-electron chi connectivity index (χ3n) is 3.89. The minimum absolute atomic E-state index is 0.350. The van der Waals surface area contributed by atoms with Gasteiger partial charge in [0.25, 0.3) is 0 Å². The number of aryl methyl sites for hydroxylation is 1. The Bertz CT molecular complexity index is 355. The molecule has 0 bridgehead atoms. The fourth-order valence-electron chi connectivity index (χ4n) is 2.84. The van der Waals surface area contributed by atoms with E-state index in [1.807, 2.05) is 18.2 Å². The topological polar surface area (TPSA) is 17.1 Å². The van der Waals surface area contributed by atoms with Gasteiger partial charge >= 0.3 is 0 Å². The summed E-state index contributed by atoms with van der Waals surface area (Å²) in [5.74, 6) is 1.58. The van der Waals surface area contributed by atoms with Crippen LogP contribution in [0.4, 0.5) is 0 Å². The van der Waals surface area contributed by atoms with Crippen LogP contribution in [0.1, 0.15) is 44.6 Å². The first-order valence-electron chi connectivity index (χ1n) is 6.82. The molecule has 0 N–H and O–H groups in total. The number of hydrogen-bond acceptors (Lipinski definition) is 1. The molecule has 1 aromatic carbocycles. The van der Waals surface area contributed by atoms with Crippen LogP contribution in [0, 0.1) is 11.8 Å². The second kappa shape index (κ2) is 6.00. The monoisotopic (exact) mass is 230 g/mol. The van der Waals surface area contributed by atoms with Crippen molar-refractivity contribution >= 4 is 5.78 Å². The molecule has 1 saturated carbocycles. The van der Waals surface area contributed by atoms with E-state index < -0.39 is 0 Å². The summed E-state index contributed by atoms with van der Waals surface area (Å²) in [5.41, 5.74) is 1.28. The number of Topliss-reactive ketones (excluding diaryl/α,β-unsaturated/α-hetero) is 1. The van der Waals surface area contributed by atoms with E-state index in [0.29, 0.717) is 11.7 Å². The van der Waals surface area contributed by atoms with Gasteiger partial charge in [-0.1, -0.05) is 50.1 Å². The average molecular weight is 230 g/mol. The molecule has 0 spiro atoms. The molecule has 1 fully saturated rings. The van der Waals surface area contributed by atoms with Gasteiger partial charge in [-0.3, -0.25) is 4.79 Å². The Morgan fingerprint density at radius 2 is 2.00 bits per heavy atom. The Balaban J connectivity index is 1.81. The molecule has 0 amide bonds. The molecule has 2 rings (SSSR count). The molecule has 0 saturated heterocycles. The number of benzene rings is 1. The number of carbonyl (C=O) groups is 1. The summed E-state index contributed by atoms with van der Waals surface area (Å²) in [6.07, 6.45) is 6.42. The molecule has 92 valence electrons. The van der Waals surface area contributed by atoms with Crippen molar-refractivity contribution in [2.24, 2.45) is 11.8 Å². The van der Waals surface area contributed by atoms with Crippen LogP contribution < -0.4 is 0 Å². The van der Waals surface area contributed by atoms with Crippen molar-refractivity contribution in [2.75, 3.05) is 0 Å². The lowest BCUT2D eigenvalue weighted by Gasteiger charge is -2.25. The molecule has 1 aromatic rings. The predicted molar refractivity (Wildman–Crippen MR) is 70.9 cm³/mol. The lowest BCUT2D eigenvalue weighted by atomic mass is 9.79. The Hall–Kier alpha value is -1.11. The molecule has 2 atom stereocenters.